The van der Waals surface area contributed by atoms with Crippen LogP contribution in [0, 0.1) is 23.6 Å². The molecule has 5 nitrogen and oxygen atoms in total. The second-order valence-corrected chi connectivity index (χ2v) is 11.6. The van der Waals surface area contributed by atoms with Gasteiger partial charge in [0.25, 0.3) is 0 Å². The van der Waals surface area contributed by atoms with Gasteiger partial charge in [-0.3, -0.25) is 4.79 Å². The average Bonchev–Trinajstić information content (AvgIpc) is 2.77. The first-order chi connectivity index (χ1) is 17.0. The summed E-state index contributed by atoms with van der Waals surface area (Å²) < 4.78 is 19.6. The van der Waals surface area contributed by atoms with Crippen LogP contribution in [0.4, 0.5) is 4.39 Å². The summed E-state index contributed by atoms with van der Waals surface area (Å²) >= 11 is 0. The molecular formula is C30H38FNO4. The van der Waals surface area contributed by atoms with Gasteiger partial charge in [-0.1, -0.05) is 25.5 Å². The maximum atomic E-state index is 13.2. The number of carbonyl (C=O) groups excluding carboxylic acids is 1. The molecule has 0 radical (unpaired) electrons. The molecule has 1 amide bonds. The summed E-state index contributed by atoms with van der Waals surface area (Å²) in [4.78, 5) is 14.9. The van der Waals surface area contributed by atoms with Gasteiger partial charge in [-0.2, -0.15) is 0 Å². The largest absolute Gasteiger partial charge is 0.487 e. The second-order valence-electron chi connectivity index (χ2n) is 11.6. The van der Waals surface area contributed by atoms with Crippen LogP contribution in [0.5, 0.6) is 0 Å². The molecule has 5 rings (SSSR count). The number of hydrogen-bond acceptors (Lipinski definition) is 4. The van der Waals surface area contributed by atoms with E-state index in [0.29, 0.717) is 24.4 Å². The number of rotatable bonds is 6. The number of amides is 1. The first-order valence-electron chi connectivity index (χ1n) is 13.4. The van der Waals surface area contributed by atoms with Gasteiger partial charge in [0.15, 0.2) is 0 Å². The number of piperidine rings is 1. The van der Waals surface area contributed by atoms with E-state index in [9.17, 15) is 19.4 Å². The molecule has 0 bridgehead atoms. The Morgan fingerprint density at radius 2 is 1.92 bits per heavy atom. The van der Waals surface area contributed by atoms with Crippen LogP contribution in [-0.4, -0.2) is 45.5 Å². The van der Waals surface area contributed by atoms with Crippen LogP contribution in [0.1, 0.15) is 64.9 Å². The molecule has 4 aliphatic rings. The highest BCUT2D eigenvalue weighted by Gasteiger charge is 2.50. The number of halogens is 1. The summed E-state index contributed by atoms with van der Waals surface area (Å²) in [7, 11) is 0. The number of likely N-dealkylation sites (tertiary alicyclic amines) is 1. The van der Waals surface area contributed by atoms with Gasteiger partial charge >= 0.3 is 0 Å². The predicted octanol–water partition coefficient (Wildman–Crippen LogP) is 5.04. The SMILES string of the molecule is CC(CCCc1ccc(F)cc1)C1=CC(O)(O)C2=C3CN(C(=O)C4CCC4)CCC3C(C)(C)OC2=C1. The van der Waals surface area contributed by atoms with Gasteiger partial charge in [-0.05, 0) is 99.3 Å². The quantitative estimate of drug-likeness (QED) is 0.543. The molecular weight excluding hydrogens is 457 g/mol. The fourth-order valence-corrected chi connectivity index (χ4v) is 6.27. The zero-order valence-corrected chi connectivity index (χ0v) is 21.6. The summed E-state index contributed by atoms with van der Waals surface area (Å²) in [5.74, 6) is -1.42. The van der Waals surface area contributed by atoms with E-state index in [2.05, 4.69) is 20.8 Å². The molecule has 1 saturated carbocycles. The molecule has 194 valence electrons. The van der Waals surface area contributed by atoms with Crippen LogP contribution in [0.25, 0.3) is 0 Å². The molecule has 2 atom stereocenters. The Labute approximate surface area is 213 Å². The molecule has 2 heterocycles. The lowest BCUT2D eigenvalue weighted by atomic mass is 9.71. The summed E-state index contributed by atoms with van der Waals surface area (Å²) in [5, 5.41) is 22.6. The van der Waals surface area contributed by atoms with E-state index in [1.807, 2.05) is 23.1 Å². The highest BCUT2D eigenvalue weighted by molar-refractivity contribution is 5.80. The Morgan fingerprint density at radius 3 is 2.58 bits per heavy atom. The molecule has 2 fully saturated rings. The zero-order chi connectivity index (χ0) is 25.7. The standard InChI is InChI=1S/C30H38FNO4/c1-19(6-4-7-20-10-12-23(31)13-11-20)22-16-26-27(30(34,35)17-22)24-18-32(28(33)21-8-5-9-21)15-14-25(24)29(2,3)36-26/h10-13,16-17,19,21,25,34-35H,4-9,14-15,18H2,1-3H3. The van der Waals surface area contributed by atoms with Crippen molar-refractivity contribution in [1.29, 1.82) is 0 Å². The first kappa shape index (κ1) is 25.2. The van der Waals surface area contributed by atoms with Gasteiger partial charge in [-0.15, -0.1) is 0 Å². The van der Waals surface area contributed by atoms with Gasteiger partial charge in [0.2, 0.25) is 11.7 Å². The normalized spacial score (nSPS) is 25.6. The van der Waals surface area contributed by atoms with Gasteiger partial charge in [-0.25, -0.2) is 4.39 Å². The van der Waals surface area contributed by atoms with Crippen LogP contribution in [0.2, 0.25) is 0 Å². The minimum atomic E-state index is -2.14. The van der Waals surface area contributed by atoms with Crippen molar-refractivity contribution in [1.82, 2.24) is 4.90 Å². The van der Waals surface area contributed by atoms with Gasteiger partial charge in [0.1, 0.15) is 17.2 Å². The molecule has 2 N–H and O–H groups in total. The zero-order valence-electron chi connectivity index (χ0n) is 21.6. The molecule has 0 aromatic heterocycles. The molecule has 36 heavy (non-hydrogen) atoms. The number of ether oxygens (including phenoxy) is 1. The molecule has 2 aliphatic carbocycles. The Morgan fingerprint density at radius 1 is 1.19 bits per heavy atom. The smallest absolute Gasteiger partial charge is 0.225 e. The molecule has 0 spiro atoms. The number of hydrogen-bond donors (Lipinski definition) is 2. The summed E-state index contributed by atoms with van der Waals surface area (Å²) in [6.45, 7) is 7.30. The van der Waals surface area contributed by atoms with Crippen molar-refractivity contribution in [3.05, 3.63) is 70.3 Å². The van der Waals surface area contributed by atoms with E-state index in [1.54, 1.807) is 6.08 Å². The summed E-state index contributed by atoms with van der Waals surface area (Å²) in [6, 6.07) is 6.58. The van der Waals surface area contributed by atoms with Crippen molar-refractivity contribution < 1.29 is 24.1 Å². The van der Waals surface area contributed by atoms with Crippen LogP contribution in [-0.2, 0) is 16.0 Å². The van der Waals surface area contributed by atoms with Crippen molar-refractivity contribution in [2.75, 3.05) is 13.1 Å². The van der Waals surface area contributed by atoms with E-state index in [0.717, 1.165) is 61.7 Å². The number of carbonyl (C=O) groups is 1. The maximum Gasteiger partial charge on any atom is 0.225 e. The van der Waals surface area contributed by atoms with Crippen LogP contribution < -0.4 is 0 Å². The Balaban J connectivity index is 1.36. The van der Waals surface area contributed by atoms with Crippen molar-refractivity contribution in [2.24, 2.45) is 17.8 Å². The minimum Gasteiger partial charge on any atom is -0.487 e. The fourth-order valence-electron chi connectivity index (χ4n) is 6.27. The lowest BCUT2D eigenvalue weighted by Crippen LogP contribution is -2.53. The third-order valence-electron chi connectivity index (χ3n) is 8.63. The lowest BCUT2D eigenvalue weighted by molar-refractivity contribution is -0.141. The number of benzene rings is 1. The Kier molecular flexibility index (Phi) is 6.63. The number of fused-ring (bicyclic) bond motifs is 2. The minimum absolute atomic E-state index is 0.0249. The van der Waals surface area contributed by atoms with Gasteiger partial charge < -0.3 is 19.8 Å². The van der Waals surface area contributed by atoms with Crippen molar-refractivity contribution in [3.8, 4) is 0 Å². The predicted molar refractivity (Wildman–Crippen MR) is 136 cm³/mol. The molecule has 2 aliphatic heterocycles. The fraction of sp³-hybridized carbons (Fsp3) is 0.567. The van der Waals surface area contributed by atoms with E-state index in [4.69, 9.17) is 4.74 Å². The van der Waals surface area contributed by atoms with Crippen molar-refractivity contribution >= 4 is 5.91 Å². The van der Waals surface area contributed by atoms with Crippen molar-refractivity contribution in [3.63, 3.8) is 0 Å². The third-order valence-corrected chi connectivity index (χ3v) is 8.63. The first-order valence-corrected chi connectivity index (χ1v) is 13.4. The number of allylic oxidation sites excluding steroid dienone is 2. The molecule has 1 aromatic rings. The van der Waals surface area contributed by atoms with E-state index in [-0.39, 0.29) is 29.5 Å². The highest BCUT2D eigenvalue weighted by Crippen LogP contribution is 2.49. The second kappa shape index (κ2) is 9.46. The number of aryl methyl sites for hydroxylation is 1. The van der Waals surface area contributed by atoms with E-state index in [1.165, 1.54) is 12.1 Å². The van der Waals surface area contributed by atoms with E-state index < -0.39 is 11.4 Å². The maximum absolute atomic E-state index is 13.2. The topological polar surface area (TPSA) is 70.0 Å². The lowest BCUT2D eigenvalue weighted by Gasteiger charge is -2.50. The van der Waals surface area contributed by atoms with Crippen LogP contribution in [0.15, 0.2) is 58.9 Å². The van der Waals surface area contributed by atoms with Gasteiger partial charge in [0, 0.05) is 24.9 Å². The molecule has 6 heteroatoms. The Bertz CT molecular complexity index is 1110. The molecule has 1 aromatic carbocycles. The van der Waals surface area contributed by atoms with Gasteiger partial charge in [0.05, 0.1) is 5.57 Å². The average molecular weight is 496 g/mol. The van der Waals surface area contributed by atoms with Crippen LogP contribution in [0.3, 0.4) is 0 Å². The van der Waals surface area contributed by atoms with E-state index >= 15 is 0 Å². The number of aliphatic hydroxyl groups is 2. The summed E-state index contributed by atoms with van der Waals surface area (Å²) in [6.07, 6.45) is 9.88. The van der Waals surface area contributed by atoms with Crippen molar-refractivity contribution in [2.45, 2.75) is 77.1 Å². The molecule has 1 saturated heterocycles. The molecule has 2 unspecified atom stereocenters. The monoisotopic (exact) mass is 495 g/mol. The highest BCUT2D eigenvalue weighted by atomic mass is 19.1. The van der Waals surface area contributed by atoms with Crippen LogP contribution >= 0.6 is 0 Å². The summed E-state index contributed by atoms with van der Waals surface area (Å²) in [5.41, 5.74) is 2.76. The number of nitrogens with zero attached hydrogens (tertiary/aromatic N) is 1. The Hall–Kier alpha value is -2.44. The third kappa shape index (κ3) is 4.78.